The van der Waals surface area contributed by atoms with E-state index in [2.05, 4.69) is 29.3 Å². The Hall–Kier alpha value is -1.52. The summed E-state index contributed by atoms with van der Waals surface area (Å²) in [5, 5.41) is 4.61. The minimum atomic E-state index is -0.335. The number of H-pyrrole nitrogens is 2. The maximum Gasteiger partial charge on any atom is 0.344 e. The summed E-state index contributed by atoms with van der Waals surface area (Å²) >= 11 is 0. The lowest BCUT2D eigenvalue weighted by Gasteiger charge is -2.01. The van der Waals surface area contributed by atoms with Gasteiger partial charge in [-0.15, -0.1) is 0 Å². The maximum atomic E-state index is 11.3. The SMILES string of the molecule is CCCCCCCC/C=C\CCCCCCCCn1c(=O)[nH][nH]c1=O. The lowest BCUT2D eigenvalue weighted by atomic mass is 10.1. The van der Waals surface area contributed by atoms with E-state index in [1.807, 2.05) is 0 Å². The molecular formula is C20H37N3O2. The summed E-state index contributed by atoms with van der Waals surface area (Å²) in [7, 11) is 0. The Kier molecular flexibility index (Phi) is 12.7. The molecule has 0 aromatic carbocycles. The van der Waals surface area contributed by atoms with Crippen molar-refractivity contribution < 1.29 is 0 Å². The Bertz CT molecular complexity index is 526. The number of nitrogens with zero attached hydrogens (tertiary/aromatic N) is 1. The molecule has 0 atom stereocenters. The highest BCUT2D eigenvalue weighted by Gasteiger charge is 2.01. The van der Waals surface area contributed by atoms with E-state index in [0.29, 0.717) is 6.54 Å². The van der Waals surface area contributed by atoms with E-state index in [9.17, 15) is 9.59 Å². The van der Waals surface area contributed by atoms with Crippen LogP contribution in [0.15, 0.2) is 21.7 Å². The van der Waals surface area contributed by atoms with Gasteiger partial charge in [-0.3, -0.25) is 0 Å². The Morgan fingerprint density at radius 3 is 1.64 bits per heavy atom. The first kappa shape index (κ1) is 21.5. The molecule has 0 fully saturated rings. The molecule has 1 aromatic rings. The molecular weight excluding hydrogens is 314 g/mol. The molecule has 0 saturated carbocycles. The van der Waals surface area contributed by atoms with Gasteiger partial charge in [0.15, 0.2) is 0 Å². The molecule has 5 nitrogen and oxygen atoms in total. The van der Waals surface area contributed by atoms with E-state index in [1.165, 1.54) is 81.6 Å². The first-order valence-electron chi connectivity index (χ1n) is 10.3. The second-order valence-corrected chi connectivity index (χ2v) is 6.95. The summed E-state index contributed by atoms with van der Waals surface area (Å²) in [6.07, 6.45) is 22.3. The van der Waals surface area contributed by atoms with Gasteiger partial charge in [0.25, 0.3) is 0 Å². The van der Waals surface area contributed by atoms with Crippen LogP contribution in [0.2, 0.25) is 0 Å². The highest BCUT2D eigenvalue weighted by atomic mass is 16.2. The van der Waals surface area contributed by atoms with Crippen LogP contribution < -0.4 is 11.4 Å². The van der Waals surface area contributed by atoms with Gasteiger partial charge in [-0.05, 0) is 32.1 Å². The largest absolute Gasteiger partial charge is 0.344 e. The minimum Gasteiger partial charge on any atom is -0.247 e. The molecule has 0 saturated heterocycles. The Morgan fingerprint density at radius 1 is 0.680 bits per heavy atom. The van der Waals surface area contributed by atoms with E-state index in [1.54, 1.807) is 0 Å². The predicted molar refractivity (Wildman–Crippen MR) is 105 cm³/mol. The van der Waals surface area contributed by atoms with E-state index in [4.69, 9.17) is 0 Å². The van der Waals surface area contributed by atoms with Crippen LogP contribution >= 0.6 is 0 Å². The minimum absolute atomic E-state index is 0.335. The van der Waals surface area contributed by atoms with Gasteiger partial charge in [0.05, 0.1) is 0 Å². The molecule has 0 aliphatic carbocycles. The van der Waals surface area contributed by atoms with Crippen LogP contribution in [0.1, 0.15) is 96.8 Å². The summed E-state index contributed by atoms with van der Waals surface area (Å²) in [4.78, 5) is 22.6. The van der Waals surface area contributed by atoms with E-state index >= 15 is 0 Å². The third-order valence-corrected chi connectivity index (χ3v) is 4.66. The van der Waals surface area contributed by atoms with E-state index in [-0.39, 0.29) is 11.4 Å². The summed E-state index contributed by atoms with van der Waals surface area (Å²) in [6, 6.07) is 0. The molecule has 1 aromatic heterocycles. The summed E-state index contributed by atoms with van der Waals surface area (Å²) in [6.45, 7) is 2.77. The number of rotatable bonds is 16. The molecule has 144 valence electrons. The fraction of sp³-hybridized carbons (Fsp3) is 0.800. The number of unbranched alkanes of at least 4 members (excludes halogenated alkanes) is 12. The highest BCUT2D eigenvalue weighted by Crippen LogP contribution is 2.10. The van der Waals surface area contributed by atoms with Gasteiger partial charge in [0.1, 0.15) is 0 Å². The number of hydrogen-bond acceptors (Lipinski definition) is 2. The van der Waals surface area contributed by atoms with Crippen molar-refractivity contribution in [2.45, 2.75) is 103 Å². The molecule has 0 unspecified atom stereocenters. The number of aromatic nitrogens is 3. The normalized spacial score (nSPS) is 11.6. The topological polar surface area (TPSA) is 70.7 Å². The summed E-state index contributed by atoms with van der Waals surface area (Å²) in [5.74, 6) is 0. The molecule has 1 heterocycles. The summed E-state index contributed by atoms with van der Waals surface area (Å²) in [5.41, 5.74) is -0.671. The second kappa shape index (κ2) is 14.8. The zero-order valence-electron chi connectivity index (χ0n) is 16.0. The van der Waals surface area contributed by atoms with E-state index in [0.717, 1.165) is 12.8 Å². The van der Waals surface area contributed by atoms with Gasteiger partial charge in [-0.1, -0.05) is 76.9 Å². The molecule has 0 radical (unpaired) electrons. The van der Waals surface area contributed by atoms with Crippen molar-refractivity contribution in [1.29, 1.82) is 0 Å². The fourth-order valence-electron chi connectivity index (χ4n) is 3.05. The molecule has 0 amide bonds. The van der Waals surface area contributed by atoms with Gasteiger partial charge in [-0.25, -0.2) is 24.4 Å². The molecule has 0 spiro atoms. The molecule has 5 heteroatoms. The maximum absolute atomic E-state index is 11.3. The van der Waals surface area contributed by atoms with Gasteiger partial charge >= 0.3 is 11.4 Å². The molecule has 0 aliphatic heterocycles. The molecule has 25 heavy (non-hydrogen) atoms. The van der Waals surface area contributed by atoms with Crippen LogP contribution in [0.4, 0.5) is 0 Å². The number of allylic oxidation sites excluding steroid dienone is 2. The van der Waals surface area contributed by atoms with E-state index < -0.39 is 0 Å². The zero-order chi connectivity index (χ0) is 18.2. The van der Waals surface area contributed by atoms with Crippen molar-refractivity contribution in [3.8, 4) is 0 Å². The fourth-order valence-corrected chi connectivity index (χ4v) is 3.05. The van der Waals surface area contributed by atoms with Crippen molar-refractivity contribution >= 4 is 0 Å². The van der Waals surface area contributed by atoms with Crippen LogP contribution in [0.5, 0.6) is 0 Å². The zero-order valence-corrected chi connectivity index (χ0v) is 16.0. The monoisotopic (exact) mass is 351 g/mol. The quantitative estimate of drug-likeness (QED) is 0.328. The van der Waals surface area contributed by atoms with Crippen LogP contribution in [-0.4, -0.2) is 14.8 Å². The first-order chi connectivity index (χ1) is 12.3. The van der Waals surface area contributed by atoms with Gasteiger partial charge in [-0.2, -0.15) is 0 Å². The summed E-state index contributed by atoms with van der Waals surface area (Å²) < 4.78 is 1.23. The molecule has 2 N–H and O–H groups in total. The third-order valence-electron chi connectivity index (χ3n) is 4.66. The number of nitrogens with one attached hydrogen (secondary N) is 2. The Balaban J connectivity index is 1.83. The third kappa shape index (κ3) is 10.8. The van der Waals surface area contributed by atoms with Crippen LogP contribution in [0, 0.1) is 0 Å². The smallest absolute Gasteiger partial charge is 0.247 e. The van der Waals surface area contributed by atoms with Crippen LogP contribution in [0.25, 0.3) is 0 Å². The van der Waals surface area contributed by atoms with Crippen LogP contribution in [-0.2, 0) is 6.54 Å². The van der Waals surface area contributed by atoms with Crippen molar-refractivity contribution in [3.63, 3.8) is 0 Å². The molecule has 1 rings (SSSR count). The van der Waals surface area contributed by atoms with Gasteiger partial charge in [0, 0.05) is 6.54 Å². The Morgan fingerprint density at radius 2 is 1.12 bits per heavy atom. The highest BCUT2D eigenvalue weighted by molar-refractivity contribution is 4.81. The van der Waals surface area contributed by atoms with Crippen molar-refractivity contribution in [2.75, 3.05) is 0 Å². The number of aromatic amines is 2. The Labute approximate surface area is 151 Å². The standard InChI is InChI=1S/C20H37N3O2/c1-2-3-4-5-6-7-8-9-10-11-12-13-14-15-16-17-18-23-19(24)21-22-20(23)25/h9-10H,2-8,11-18H2,1H3,(H,21,24)(H,22,25)/b10-9-. The lowest BCUT2D eigenvalue weighted by molar-refractivity contribution is 0.539. The van der Waals surface area contributed by atoms with Crippen LogP contribution in [0.3, 0.4) is 0 Å². The van der Waals surface area contributed by atoms with Gasteiger partial charge < -0.3 is 0 Å². The van der Waals surface area contributed by atoms with Gasteiger partial charge in [0.2, 0.25) is 0 Å². The predicted octanol–water partition coefficient (Wildman–Crippen LogP) is 4.90. The van der Waals surface area contributed by atoms with Crippen molar-refractivity contribution in [3.05, 3.63) is 33.1 Å². The molecule has 0 bridgehead atoms. The first-order valence-corrected chi connectivity index (χ1v) is 10.3. The van der Waals surface area contributed by atoms with Crippen molar-refractivity contribution in [2.24, 2.45) is 0 Å². The van der Waals surface area contributed by atoms with Crippen molar-refractivity contribution in [1.82, 2.24) is 14.8 Å². The second-order valence-electron chi connectivity index (χ2n) is 6.95. The average molecular weight is 352 g/mol. The number of hydrogen-bond donors (Lipinski definition) is 2. The molecule has 0 aliphatic rings. The lowest BCUT2D eigenvalue weighted by Crippen LogP contribution is -2.26. The average Bonchev–Trinajstić information content (AvgIpc) is 2.93.